The minimum atomic E-state index is 0.545. The van der Waals surface area contributed by atoms with Crippen LogP contribution in [0.3, 0.4) is 0 Å². The molecule has 2 rings (SSSR count). The highest BCUT2D eigenvalue weighted by Crippen LogP contribution is 2.32. The van der Waals surface area contributed by atoms with Crippen molar-refractivity contribution in [1.82, 2.24) is 5.32 Å². The molecule has 0 saturated carbocycles. The number of nitrogens with one attached hydrogen (secondary N) is 1. The van der Waals surface area contributed by atoms with Crippen LogP contribution in [-0.2, 0) is 6.42 Å². The average molecular weight is 279 g/mol. The van der Waals surface area contributed by atoms with Gasteiger partial charge in [-0.2, -0.15) is 11.8 Å². The van der Waals surface area contributed by atoms with Gasteiger partial charge in [0.1, 0.15) is 5.75 Å². The highest BCUT2D eigenvalue weighted by Gasteiger charge is 2.19. The fraction of sp³-hybridized carbons (Fsp3) is 0.625. The maximum Gasteiger partial charge on any atom is 0.119 e. The van der Waals surface area contributed by atoms with Crippen molar-refractivity contribution >= 4 is 11.8 Å². The lowest BCUT2D eigenvalue weighted by molar-refractivity contribution is 0.410. The van der Waals surface area contributed by atoms with E-state index in [1.165, 1.54) is 49.0 Å². The van der Waals surface area contributed by atoms with E-state index in [2.05, 4.69) is 29.8 Å². The van der Waals surface area contributed by atoms with Crippen molar-refractivity contribution in [3.05, 3.63) is 29.3 Å². The SMILES string of the molecule is COc1ccc2c(c1)CCCC2NCCCCSC. The minimum absolute atomic E-state index is 0.545. The molecule has 1 aliphatic carbocycles. The molecular weight excluding hydrogens is 254 g/mol. The van der Waals surface area contributed by atoms with E-state index in [-0.39, 0.29) is 0 Å². The van der Waals surface area contributed by atoms with Crippen molar-refractivity contribution in [1.29, 1.82) is 0 Å². The summed E-state index contributed by atoms with van der Waals surface area (Å²) in [5.74, 6) is 2.26. The Morgan fingerprint density at radius 1 is 1.37 bits per heavy atom. The molecule has 0 radical (unpaired) electrons. The van der Waals surface area contributed by atoms with E-state index < -0.39 is 0 Å². The molecule has 1 atom stereocenters. The number of fused-ring (bicyclic) bond motifs is 1. The standard InChI is InChI=1S/C16H25NOS/c1-18-14-8-9-15-13(12-14)6-5-7-16(15)17-10-3-4-11-19-2/h8-9,12,16-17H,3-7,10-11H2,1-2H3. The van der Waals surface area contributed by atoms with Crippen LogP contribution in [-0.4, -0.2) is 25.7 Å². The molecule has 19 heavy (non-hydrogen) atoms. The first kappa shape index (κ1) is 14.7. The van der Waals surface area contributed by atoms with E-state index in [9.17, 15) is 0 Å². The molecule has 1 unspecified atom stereocenters. The summed E-state index contributed by atoms with van der Waals surface area (Å²) in [5.41, 5.74) is 2.95. The largest absolute Gasteiger partial charge is 0.497 e. The van der Waals surface area contributed by atoms with Crippen LogP contribution in [0, 0.1) is 0 Å². The number of ether oxygens (including phenoxy) is 1. The number of unbranched alkanes of at least 4 members (excludes halogenated alkanes) is 1. The lowest BCUT2D eigenvalue weighted by atomic mass is 9.87. The molecule has 3 heteroatoms. The highest BCUT2D eigenvalue weighted by molar-refractivity contribution is 7.98. The van der Waals surface area contributed by atoms with E-state index >= 15 is 0 Å². The molecular formula is C16H25NOS. The summed E-state index contributed by atoms with van der Waals surface area (Å²) in [4.78, 5) is 0. The molecule has 0 amide bonds. The predicted molar refractivity (Wildman–Crippen MR) is 84.3 cm³/mol. The Morgan fingerprint density at radius 2 is 2.26 bits per heavy atom. The molecule has 106 valence electrons. The Labute approximate surface area is 121 Å². The zero-order chi connectivity index (χ0) is 13.5. The number of hydrogen-bond donors (Lipinski definition) is 1. The van der Waals surface area contributed by atoms with Crippen LogP contribution in [0.15, 0.2) is 18.2 Å². The smallest absolute Gasteiger partial charge is 0.119 e. The van der Waals surface area contributed by atoms with Crippen molar-refractivity contribution in [2.75, 3.05) is 25.7 Å². The lowest BCUT2D eigenvalue weighted by Gasteiger charge is -2.27. The number of benzene rings is 1. The van der Waals surface area contributed by atoms with Crippen LogP contribution < -0.4 is 10.1 Å². The van der Waals surface area contributed by atoms with Crippen LogP contribution in [0.5, 0.6) is 5.75 Å². The van der Waals surface area contributed by atoms with Gasteiger partial charge in [-0.15, -0.1) is 0 Å². The van der Waals surface area contributed by atoms with Crippen molar-refractivity contribution in [3.8, 4) is 5.75 Å². The third kappa shape index (κ3) is 4.15. The average Bonchev–Trinajstić information content (AvgIpc) is 2.46. The second-order valence-corrected chi connectivity index (χ2v) is 6.15. The first-order valence-corrected chi connectivity index (χ1v) is 8.63. The molecule has 0 spiro atoms. The van der Waals surface area contributed by atoms with Gasteiger partial charge in [-0.3, -0.25) is 0 Å². The van der Waals surface area contributed by atoms with E-state index in [0.717, 1.165) is 12.3 Å². The van der Waals surface area contributed by atoms with Crippen LogP contribution in [0.25, 0.3) is 0 Å². The molecule has 1 aliphatic rings. The Balaban J connectivity index is 1.90. The first-order chi connectivity index (χ1) is 9.35. The Bertz CT molecular complexity index is 394. The monoisotopic (exact) mass is 279 g/mol. The first-order valence-electron chi connectivity index (χ1n) is 7.24. The minimum Gasteiger partial charge on any atom is -0.497 e. The van der Waals surface area contributed by atoms with Crippen molar-refractivity contribution in [2.45, 2.75) is 38.1 Å². The third-order valence-corrected chi connectivity index (χ3v) is 4.53. The second kappa shape index (κ2) is 7.81. The zero-order valence-corrected chi connectivity index (χ0v) is 12.9. The van der Waals surface area contributed by atoms with Crippen LogP contribution in [0.4, 0.5) is 0 Å². The molecule has 0 bridgehead atoms. The van der Waals surface area contributed by atoms with Crippen molar-refractivity contribution < 1.29 is 4.74 Å². The number of aryl methyl sites for hydroxylation is 1. The van der Waals surface area contributed by atoms with Gasteiger partial charge >= 0.3 is 0 Å². The summed E-state index contributed by atoms with van der Waals surface area (Å²) < 4.78 is 5.32. The summed E-state index contributed by atoms with van der Waals surface area (Å²) in [5, 5.41) is 3.72. The Kier molecular flexibility index (Phi) is 6.05. The van der Waals surface area contributed by atoms with Gasteiger partial charge in [0, 0.05) is 6.04 Å². The highest BCUT2D eigenvalue weighted by atomic mass is 32.2. The maximum atomic E-state index is 5.32. The van der Waals surface area contributed by atoms with Gasteiger partial charge < -0.3 is 10.1 Å². The van der Waals surface area contributed by atoms with E-state index in [1.54, 1.807) is 7.11 Å². The summed E-state index contributed by atoms with van der Waals surface area (Å²) in [7, 11) is 1.74. The topological polar surface area (TPSA) is 21.3 Å². The second-order valence-electron chi connectivity index (χ2n) is 5.16. The third-order valence-electron chi connectivity index (χ3n) is 3.83. The van der Waals surface area contributed by atoms with Gasteiger partial charge in [0.25, 0.3) is 0 Å². The Hall–Kier alpha value is -0.670. The van der Waals surface area contributed by atoms with Crippen LogP contribution in [0.1, 0.15) is 42.9 Å². The van der Waals surface area contributed by atoms with E-state index in [4.69, 9.17) is 4.74 Å². The maximum absolute atomic E-state index is 5.32. The summed E-state index contributed by atoms with van der Waals surface area (Å²) in [6.07, 6.45) is 8.51. The quantitative estimate of drug-likeness (QED) is 0.767. The summed E-state index contributed by atoms with van der Waals surface area (Å²) in [6.45, 7) is 1.14. The van der Waals surface area contributed by atoms with Crippen molar-refractivity contribution in [2.24, 2.45) is 0 Å². The van der Waals surface area contributed by atoms with Crippen molar-refractivity contribution in [3.63, 3.8) is 0 Å². The molecule has 0 fully saturated rings. The molecule has 1 aromatic rings. The fourth-order valence-electron chi connectivity index (χ4n) is 2.78. The fourth-order valence-corrected chi connectivity index (χ4v) is 3.27. The zero-order valence-electron chi connectivity index (χ0n) is 12.1. The van der Waals surface area contributed by atoms with Gasteiger partial charge in [-0.05, 0) is 73.9 Å². The molecule has 0 aliphatic heterocycles. The molecule has 0 saturated heterocycles. The molecule has 1 aromatic carbocycles. The number of methoxy groups -OCH3 is 1. The summed E-state index contributed by atoms with van der Waals surface area (Å²) >= 11 is 1.94. The summed E-state index contributed by atoms with van der Waals surface area (Å²) in [6, 6.07) is 7.08. The normalized spacial score (nSPS) is 18.1. The predicted octanol–water partition coefficient (Wildman–Crippen LogP) is 3.81. The number of thioether (sulfide) groups is 1. The van der Waals surface area contributed by atoms with E-state index in [0.29, 0.717) is 6.04 Å². The molecule has 1 N–H and O–H groups in total. The van der Waals surface area contributed by atoms with Gasteiger partial charge in [0.15, 0.2) is 0 Å². The van der Waals surface area contributed by atoms with Gasteiger partial charge in [0.2, 0.25) is 0 Å². The molecule has 0 aromatic heterocycles. The van der Waals surface area contributed by atoms with E-state index in [1.807, 2.05) is 11.8 Å². The Morgan fingerprint density at radius 3 is 3.05 bits per heavy atom. The molecule has 2 nitrogen and oxygen atoms in total. The van der Waals surface area contributed by atoms with Gasteiger partial charge in [0.05, 0.1) is 7.11 Å². The molecule has 0 heterocycles. The van der Waals surface area contributed by atoms with Crippen LogP contribution in [0.2, 0.25) is 0 Å². The van der Waals surface area contributed by atoms with Crippen LogP contribution >= 0.6 is 11.8 Å². The lowest BCUT2D eigenvalue weighted by Crippen LogP contribution is -2.26. The number of hydrogen-bond acceptors (Lipinski definition) is 3. The van der Waals surface area contributed by atoms with Gasteiger partial charge in [-0.25, -0.2) is 0 Å². The van der Waals surface area contributed by atoms with Gasteiger partial charge in [-0.1, -0.05) is 6.07 Å². The number of rotatable bonds is 7.